The zero-order valence-electron chi connectivity index (χ0n) is 15.9. The number of nitrogens with two attached hydrogens (primary N) is 1. The lowest BCUT2D eigenvalue weighted by molar-refractivity contribution is 0.296. The molecule has 0 atom stereocenters. The molecular weight excluding hydrogens is 482 g/mol. The van der Waals surface area contributed by atoms with Crippen LogP contribution in [0, 0.1) is 25.5 Å². The molecule has 158 valence electrons. The molecule has 2 N–H and O–H groups in total. The zero-order valence-corrected chi connectivity index (χ0v) is 18.4. The summed E-state index contributed by atoms with van der Waals surface area (Å²) >= 11 is 3.19. The Balaban J connectivity index is 2.03. The minimum absolute atomic E-state index is 0.0658. The molecule has 0 bridgehead atoms. The number of benzene rings is 2. The van der Waals surface area contributed by atoms with Crippen LogP contribution in [0.25, 0.3) is 5.69 Å². The van der Waals surface area contributed by atoms with Crippen molar-refractivity contribution >= 4 is 26.0 Å². The lowest BCUT2D eigenvalue weighted by atomic mass is 10.2. The second kappa shape index (κ2) is 8.29. The Morgan fingerprint density at radius 3 is 2.43 bits per heavy atom. The molecule has 2 aromatic carbocycles. The maximum Gasteiger partial charge on any atom is 0.273 e. The highest BCUT2D eigenvalue weighted by atomic mass is 79.9. The molecule has 0 aliphatic heterocycles. The van der Waals surface area contributed by atoms with Gasteiger partial charge in [0.25, 0.3) is 5.56 Å². The van der Waals surface area contributed by atoms with Crippen LogP contribution in [0.15, 0.2) is 56.6 Å². The minimum Gasteiger partial charge on any atom is -0.487 e. The fourth-order valence-electron chi connectivity index (χ4n) is 2.89. The van der Waals surface area contributed by atoms with Crippen molar-refractivity contribution in [2.45, 2.75) is 25.3 Å². The minimum atomic E-state index is -3.95. The molecule has 0 saturated heterocycles. The molecule has 0 spiro atoms. The average Bonchev–Trinajstić information content (AvgIpc) is 2.65. The number of aryl methyl sites for hydroxylation is 2. The van der Waals surface area contributed by atoms with Crippen LogP contribution in [0.4, 0.5) is 8.78 Å². The fourth-order valence-corrected chi connectivity index (χ4v) is 3.83. The van der Waals surface area contributed by atoms with Crippen molar-refractivity contribution < 1.29 is 21.9 Å². The topological polar surface area (TPSA) is 91.4 Å². The molecular formula is C20H17BrF2N2O4S. The van der Waals surface area contributed by atoms with E-state index < -0.39 is 27.2 Å². The van der Waals surface area contributed by atoms with Crippen LogP contribution in [-0.4, -0.2) is 13.0 Å². The third-order valence-electron chi connectivity index (χ3n) is 4.45. The van der Waals surface area contributed by atoms with Gasteiger partial charge in [-0.05, 0) is 59.6 Å². The molecule has 10 heteroatoms. The molecule has 30 heavy (non-hydrogen) atoms. The van der Waals surface area contributed by atoms with Gasteiger partial charge in [-0.15, -0.1) is 0 Å². The maximum absolute atomic E-state index is 13.8. The van der Waals surface area contributed by atoms with Gasteiger partial charge in [0.2, 0.25) is 10.0 Å². The van der Waals surface area contributed by atoms with E-state index in [4.69, 9.17) is 9.88 Å². The standard InChI is InChI=1S/C20H17BrF2N2O4S/c1-11-3-6-15(30(24,27)28)9-17(11)25-12(2)7-18(19(21)20(25)26)29-10-13-4-5-14(22)8-16(13)23/h3-9H,10H2,1-2H3,(H2,24,27,28). The number of hydrogen-bond acceptors (Lipinski definition) is 4. The van der Waals surface area contributed by atoms with Crippen molar-refractivity contribution in [3.05, 3.63) is 85.7 Å². The number of sulfonamides is 1. The van der Waals surface area contributed by atoms with Crippen LogP contribution in [-0.2, 0) is 16.6 Å². The summed E-state index contributed by atoms with van der Waals surface area (Å²) in [6.45, 7) is 3.15. The summed E-state index contributed by atoms with van der Waals surface area (Å²) in [5, 5.41) is 5.20. The number of rotatable bonds is 5. The van der Waals surface area contributed by atoms with E-state index in [1.807, 2.05) is 0 Å². The van der Waals surface area contributed by atoms with Gasteiger partial charge >= 0.3 is 0 Å². The van der Waals surface area contributed by atoms with Gasteiger partial charge < -0.3 is 4.74 Å². The van der Waals surface area contributed by atoms with Crippen molar-refractivity contribution in [2.75, 3.05) is 0 Å². The van der Waals surface area contributed by atoms with Gasteiger partial charge in [-0.2, -0.15) is 0 Å². The summed E-state index contributed by atoms with van der Waals surface area (Å²) in [7, 11) is -3.95. The van der Waals surface area contributed by atoms with Crippen molar-refractivity contribution in [3.63, 3.8) is 0 Å². The van der Waals surface area contributed by atoms with Crippen LogP contribution >= 0.6 is 15.9 Å². The summed E-state index contributed by atoms with van der Waals surface area (Å²) in [5.74, 6) is -1.29. The Morgan fingerprint density at radius 1 is 1.10 bits per heavy atom. The molecule has 0 aliphatic carbocycles. The predicted octanol–water partition coefficient (Wildman–Crippen LogP) is 3.72. The van der Waals surface area contributed by atoms with Crippen LogP contribution in [0.2, 0.25) is 0 Å². The second-order valence-electron chi connectivity index (χ2n) is 6.62. The Kier molecular flexibility index (Phi) is 6.11. The molecule has 1 aromatic heterocycles. The predicted molar refractivity (Wildman–Crippen MR) is 111 cm³/mol. The van der Waals surface area contributed by atoms with Crippen LogP contribution in [0.3, 0.4) is 0 Å². The molecule has 0 radical (unpaired) electrons. The summed E-state index contributed by atoms with van der Waals surface area (Å²) in [6.07, 6.45) is 0. The van der Waals surface area contributed by atoms with E-state index in [9.17, 15) is 22.0 Å². The number of hydrogen-bond donors (Lipinski definition) is 1. The van der Waals surface area contributed by atoms with E-state index in [1.54, 1.807) is 26.0 Å². The highest BCUT2D eigenvalue weighted by Gasteiger charge is 2.18. The van der Waals surface area contributed by atoms with Crippen LogP contribution in [0.5, 0.6) is 5.75 Å². The van der Waals surface area contributed by atoms with Gasteiger partial charge in [0, 0.05) is 23.4 Å². The van der Waals surface area contributed by atoms with Gasteiger partial charge in [-0.1, -0.05) is 6.07 Å². The van der Waals surface area contributed by atoms with Gasteiger partial charge in [0.15, 0.2) is 0 Å². The Hall–Kier alpha value is -2.56. The third kappa shape index (κ3) is 4.45. The average molecular weight is 499 g/mol. The Morgan fingerprint density at radius 2 is 1.80 bits per heavy atom. The highest BCUT2D eigenvalue weighted by molar-refractivity contribution is 9.10. The first-order chi connectivity index (χ1) is 14.0. The molecule has 0 aliphatic rings. The third-order valence-corrected chi connectivity index (χ3v) is 6.09. The first-order valence-corrected chi connectivity index (χ1v) is 11.0. The van der Waals surface area contributed by atoms with Crippen molar-refractivity contribution in [1.82, 2.24) is 4.57 Å². The van der Waals surface area contributed by atoms with E-state index in [2.05, 4.69) is 15.9 Å². The smallest absolute Gasteiger partial charge is 0.273 e. The number of nitrogens with zero attached hydrogens (tertiary/aromatic N) is 1. The summed E-state index contributed by atoms with van der Waals surface area (Å²) in [5.41, 5.74) is 1.08. The Bertz CT molecular complexity index is 1310. The highest BCUT2D eigenvalue weighted by Crippen LogP contribution is 2.27. The lowest BCUT2D eigenvalue weighted by Gasteiger charge is -2.17. The number of aromatic nitrogens is 1. The van der Waals surface area contributed by atoms with E-state index >= 15 is 0 Å². The van der Waals surface area contributed by atoms with Gasteiger partial charge in [-0.25, -0.2) is 22.3 Å². The van der Waals surface area contributed by atoms with Gasteiger partial charge in [0.1, 0.15) is 28.5 Å². The van der Waals surface area contributed by atoms with Crippen molar-refractivity contribution in [3.8, 4) is 11.4 Å². The normalized spacial score (nSPS) is 11.5. The number of primary sulfonamides is 1. The number of halogens is 3. The SMILES string of the molecule is Cc1ccc(S(N)(=O)=O)cc1-n1c(C)cc(OCc2ccc(F)cc2F)c(Br)c1=O. The molecule has 6 nitrogen and oxygen atoms in total. The lowest BCUT2D eigenvalue weighted by Crippen LogP contribution is -2.23. The fraction of sp³-hybridized carbons (Fsp3) is 0.150. The molecule has 1 heterocycles. The van der Waals surface area contributed by atoms with Crippen molar-refractivity contribution in [2.24, 2.45) is 5.14 Å². The second-order valence-corrected chi connectivity index (χ2v) is 8.98. The number of ether oxygens (including phenoxy) is 1. The molecule has 0 amide bonds. The van der Waals surface area contributed by atoms with E-state index in [1.165, 1.54) is 22.8 Å². The molecule has 0 saturated carbocycles. The van der Waals surface area contributed by atoms with E-state index in [-0.39, 0.29) is 27.3 Å². The summed E-state index contributed by atoms with van der Waals surface area (Å²) in [4.78, 5) is 12.9. The maximum atomic E-state index is 13.8. The Labute approximate surface area is 180 Å². The first-order valence-electron chi connectivity index (χ1n) is 8.61. The van der Waals surface area contributed by atoms with E-state index in [0.29, 0.717) is 16.9 Å². The van der Waals surface area contributed by atoms with Crippen LogP contribution in [0.1, 0.15) is 16.8 Å². The molecule has 3 aromatic rings. The molecule has 0 fully saturated rings. The largest absolute Gasteiger partial charge is 0.487 e. The van der Waals surface area contributed by atoms with Crippen molar-refractivity contribution in [1.29, 1.82) is 0 Å². The number of pyridine rings is 1. The van der Waals surface area contributed by atoms with Crippen LogP contribution < -0.4 is 15.4 Å². The van der Waals surface area contributed by atoms with Gasteiger partial charge in [-0.3, -0.25) is 9.36 Å². The quantitative estimate of drug-likeness (QED) is 0.580. The summed E-state index contributed by atoms with van der Waals surface area (Å²) < 4.78 is 57.2. The molecule has 0 unspecified atom stereocenters. The summed E-state index contributed by atoms with van der Waals surface area (Å²) in [6, 6.07) is 8.90. The van der Waals surface area contributed by atoms with Gasteiger partial charge in [0.05, 0.1) is 10.6 Å². The zero-order chi connectivity index (χ0) is 22.2. The first kappa shape index (κ1) is 22.1. The molecule has 3 rings (SSSR count). The van der Waals surface area contributed by atoms with E-state index in [0.717, 1.165) is 12.1 Å². The monoisotopic (exact) mass is 498 g/mol.